The maximum atomic E-state index is 11.9. The number of sulfone groups is 1. The van der Waals surface area contributed by atoms with Crippen molar-refractivity contribution in [2.75, 3.05) is 17.8 Å². The van der Waals surface area contributed by atoms with Gasteiger partial charge in [0.05, 0.1) is 11.0 Å². The second-order valence-corrected chi connectivity index (χ2v) is 8.41. The molecule has 0 N–H and O–H groups in total. The average Bonchev–Trinajstić information content (AvgIpc) is 2.24. The molecule has 0 aliphatic carbocycles. The van der Waals surface area contributed by atoms with E-state index in [9.17, 15) is 12.6 Å². The Kier molecular flexibility index (Phi) is 4.89. The molecule has 0 fully saturated rings. The van der Waals surface area contributed by atoms with E-state index in [1.54, 1.807) is 0 Å². The van der Waals surface area contributed by atoms with Crippen LogP contribution in [0.3, 0.4) is 0 Å². The van der Waals surface area contributed by atoms with E-state index in [4.69, 9.17) is 0 Å². The van der Waals surface area contributed by atoms with Gasteiger partial charge in [-0.15, -0.1) is 0 Å². The summed E-state index contributed by atoms with van der Waals surface area (Å²) in [5.41, 5.74) is 2.12. The minimum absolute atomic E-state index is 0.0181. The van der Waals surface area contributed by atoms with Crippen molar-refractivity contribution in [3.63, 3.8) is 0 Å². The lowest BCUT2D eigenvalue weighted by Gasteiger charge is -2.12. The molecule has 0 unspecified atom stereocenters. The van der Waals surface area contributed by atoms with E-state index in [2.05, 4.69) is 0 Å². The van der Waals surface area contributed by atoms with Gasteiger partial charge in [-0.3, -0.25) is 4.21 Å². The molecule has 2 atom stereocenters. The van der Waals surface area contributed by atoms with E-state index in [1.807, 2.05) is 38.1 Å². The second-order valence-electron chi connectivity index (χ2n) is 4.27. The van der Waals surface area contributed by atoms with Crippen LogP contribution in [0.1, 0.15) is 23.3 Å². The standard InChI is InChI=1S/C12H18O3S2/c1-10-5-4-6-12(9-10)11(2)16(13)7-8-17(3,14)15/h4-6,9,11H,7-8H2,1-3H3/t11-,16+/m1/s1. The highest BCUT2D eigenvalue weighted by Crippen LogP contribution is 2.20. The summed E-state index contributed by atoms with van der Waals surface area (Å²) in [6.07, 6.45) is 1.17. The number of hydrogen-bond acceptors (Lipinski definition) is 3. The van der Waals surface area contributed by atoms with Gasteiger partial charge in [0.2, 0.25) is 0 Å². The first kappa shape index (κ1) is 14.4. The van der Waals surface area contributed by atoms with Crippen molar-refractivity contribution < 1.29 is 12.6 Å². The smallest absolute Gasteiger partial charge is 0.148 e. The van der Waals surface area contributed by atoms with Crippen LogP contribution in [-0.4, -0.2) is 30.4 Å². The molecule has 0 saturated heterocycles. The molecule has 96 valence electrons. The van der Waals surface area contributed by atoms with Gasteiger partial charge < -0.3 is 0 Å². The van der Waals surface area contributed by atoms with E-state index in [0.717, 1.165) is 11.1 Å². The van der Waals surface area contributed by atoms with Gasteiger partial charge in [0.25, 0.3) is 0 Å². The summed E-state index contributed by atoms with van der Waals surface area (Å²) in [5.74, 6) is 0.184. The Morgan fingerprint density at radius 3 is 2.53 bits per heavy atom. The first-order valence-corrected chi connectivity index (χ1v) is 8.85. The van der Waals surface area contributed by atoms with Crippen LogP contribution in [0.4, 0.5) is 0 Å². The van der Waals surface area contributed by atoms with Crippen LogP contribution in [0.2, 0.25) is 0 Å². The molecule has 1 rings (SSSR count). The molecule has 17 heavy (non-hydrogen) atoms. The lowest BCUT2D eigenvalue weighted by atomic mass is 10.1. The quantitative estimate of drug-likeness (QED) is 0.823. The van der Waals surface area contributed by atoms with Gasteiger partial charge >= 0.3 is 0 Å². The van der Waals surface area contributed by atoms with Crippen LogP contribution < -0.4 is 0 Å². The Morgan fingerprint density at radius 1 is 1.35 bits per heavy atom. The largest absolute Gasteiger partial charge is 0.259 e. The third-order valence-electron chi connectivity index (χ3n) is 2.56. The fourth-order valence-corrected chi connectivity index (χ4v) is 4.16. The summed E-state index contributed by atoms with van der Waals surface area (Å²) in [6, 6.07) is 7.82. The van der Waals surface area contributed by atoms with Crippen LogP contribution in [0.25, 0.3) is 0 Å². The van der Waals surface area contributed by atoms with Crippen molar-refractivity contribution >= 4 is 20.6 Å². The van der Waals surface area contributed by atoms with Gasteiger partial charge in [-0.05, 0) is 19.4 Å². The van der Waals surface area contributed by atoms with Crippen LogP contribution in [0.5, 0.6) is 0 Å². The zero-order valence-electron chi connectivity index (χ0n) is 10.3. The summed E-state index contributed by atoms with van der Waals surface area (Å²) in [6.45, 7) is 3.85. The molecule has 0 heterocycles. The van der Waals surface area contributed by atoms with Gasteiger partial charge in [0, 0.05) is 22.8 Å². The minimum atomic E-state index is -3.04. The van der Waals surface area contributed by atoms with E-state index in [-0.39, 0.29) is 16.8 Å². The van der Waals surface area contributed by atoms with Crippen molar-refractivity contribution in [3.8, 4) is 0 Å². The van der Waals surface area contributed by atoms with Crippen LogP contribution >= 0.6 is 0 Å². The van der Waals surface area contributed by atoms with Gasteiger partial charge in [-0.2, -0.15) is 0 Å². The highest BCUT2D eigenvalue weighted by atomic mass is 32.2. The molecule has 0 bridgehead atoms. The zero-order valence-corrected chi connectivity index (χ0v) is 12.0. The third-order valence-corrected chi connectivity index (χ3v) is 5.43. The number of benzene rings is 1. The molecule has 0 spiro atoms. The van der Waals surface area contributed by atoms with Crippen LogP contribution in [0, 0.1) is 6.92 Å². The second kappa shape index (κ2) is 5.78. The SMILES string of the molecule is Cc1cccc([C@@H](C)[S@@](=O)CCS(C)(=O)=O)c1. The molecule has 3 nitrogen and oxygen atoms in total. The number of rotatable bonds is 5. The molecule has 0 aliphatic heterocycles. The van der Waals surface area contributed by atoms with E-state index >= 15 is 0 Å². The predicted octanol–water partition coefficient (Wildman–Crippen LogP) is 1.85. The lowest BCUT2D eigenvalue weighted by Crippen LogP contribution is -2.15. The summed E-state index contributed by atoms with van der Waals surface area (Å²) >= 11 is 0. The molecule has 0 aliphatic rings. The van der Waals surface area contributed by atoms with E-state index in [1.165, 1.54) is 6.26 Å². The zero-order chi connectivity index (χ0) is 13.1. The number of aryl methyl sites for hydroxylation is 1. The molecule has 0 amide bonds. The molecule has 0 radical (unpaired) electrons. The molecule has 0 saturated carbocycles. The molecular formula is C12H18O3S2. The number of hydrogen-bond donors (Lipinski definition) is 0. The Bertz CT molecular complexity index is 506. The maximum Gasteiger partial charge on any atom is 0.148 e. The molecule has 5 heteroatoms. The predicted molar refractivity (Wildman–Crippen MR) is 72.3 cm³/mol. The highest BCUT2D eigenvalue weighted by Gasteiger charge is 2.15. The molecule has 0 aromatic heterocycles. The maximum absolute atomic E-state index is 11.9. The summed E-state index contributed by atoms with van der Waals surface area (Å²) < 4.78 is 34.0. The fourth-order valence-electron chi connectivity index (χ4n) is 1.49. The van der Waals surface area contributed by atoms with Crippen molar-refractivity contribution in [2.24, 2.45) is 0 Å². The Balaban J connectivity index is 2.70. The molecule has 1 aromatic rings. The Hall–Kier alpha value is -0.680. The highest BCUT2D eigenvalue weighted by molar-refractivity contribution is 7.92. The first-order valence-electron chi connectivity index (χ1n) is 5.41. The lowest BCUT2D eigenvalue weighted by molar-refractivity contribution is 0.602. The van der Waals surface area contributed by atoms with Gasteiger partial charge in [-0.25, -0.2) is 8.42 Å². The van der Waals surface area contributed by atoms with Crippen molar-refractivity contribution in [1.29, 1.82) is 0 Å². The summed E-state index contributed by atoms with van der Waals surface area (Å²) in [5, 5.41) is -0.128. The third kappa shape index (κ3) is 5.00. The first-order chi connectivity index (χ1) is 7.79. The van der Waals surface area contributed by atoms with Crippen LogP contribution in [0.15, 0.2) is 24.3 Å². The minimum Gasteiger partial charge on any atom is -0.259 e. The summed E-state index contributed by atoms with van der Waals surface area (Å²) in [4.78, 5) is 0. The molecular weight excluding hydrogens is 256 g/mol. The summed E-state index contributed by atoms with van der Waals surface area (Å²) in [7, 11) is -4.19. The molecule has 1 aromatic carbocycles. The van der Waals surface area contributed by atoms with Crippen LogP contribution in [-0.2, 0) is 20.6 Å². The van der Waals surface area contributed by atoms with Gasteiger partial charge in [0.15, 0.2) is 0 Å². The monoisotopic (exact) mass is 274 g/mol. The van der Waals surface area contributed by atoms with Crippen molar-refractivity contribution in [2.45, 2.75) is 19.1 Å². The van der Waals surface area contributed by atoms with Gasteiger partial charge in [-0.1, -0.05) is 29.8 Å². The Morgan fingerprint density at radius 2 is 2.00 bits per heavy atom. The topological polar surface area (TPSA) is 51.2 Å². The van der Waals surface area contributed by atoms with E-state index < -0.39 is 20.6 Å². The normalized spacial score (nSPS) is 15.5. The van der Waals surface area contributed by atoms with Gasteiger partial charge in [0.1, 0.15) is 9.84 Å². The fraction of sp³-hybridized carbons (Fsp3) is 0.500. The Labute approximate surface area is 106 Å². The van der Waals surface area contributed by atoms with Crippen molar-refractivity contribution in [1.82, 2.24) is 0 Å². The average molecular weight is 274 g/mol. The van der Waals surface area contributed by atoms with Crippen molar-refractivity contribution in [3.05, 3.63) is 35.4 Å². The van der Waals surface area contributed by atoms with E-state index in [0.29, 0.717) is 0 Å².